The maximum absolute atomic E-state index is 12.4. The number of imidazole rings is 1. The molecule has 1 aromatic carbocycles. The summed E-state index contributed by atoms with van der Waals surface area (Å²) in [7, 11) is 1.74. The predicted octanol–water partition coefficient (Wildman–Crippen LogP) is 2.19. The highest BCUT2D eigenvalue weighted by Gasteiger charge is 2.17. The van der Waals surface area contributed by atoms with E-state index in [0.29, 0.717) is 17.5 Å². The van der Waals surface area contributed by atoms with Crippen LogP contribution in [-0.4, -0.2) is 19.3 Å². The van der Waals surface area contributed by atoms with Crippen LogP contribution >= 0.6 is 0 Å². The molecule has 3 rings (SSSR count). The fraction of sp³-hybridized carbons (Fsp3) is 0.400. The third-order valence-corrected chi connectivity index (χ3v) is 3.50. The lowest BCUT2D eigenvalue weighted by atomic mass is 10.2. The summed E-state index contributed by atoms with van der Waals surface area (Å²) in [6.07, 6.45) is 0. The maximum atomic E-state index is 12.4. The normalized spacial score (nSPS) is 11.5. The molecule has 0 bridgehead atoms. The Morgan fingerprint density at radius 2 is 2.09 bits per heavy atom. The van der Waals surface area contributed by atoms with Crippen molar-refractivity contribution < 1.29 is 9.15 Å². The Balaban J connectivity index is 2.03. The summed E-state index contributed by atoms with van der Waals surface area (Å²) in [5.74, 6) is 1.52. The van der Waals surface area contributed by atoms with Gasteiger partial charge >= 0.3 is 5.69 Å². The molecule has 0 atom stereocenters. The molecule has 7 heteroatoms. The van der Waals surface area contributed by atoms with E-state index >= 15 is 0 Å². The molecule has 0 radical (unpaired) electrons. The molecule has 2 heterocycles. The molecule has 0 amide bonds. The summed E-state index contributed by atoms with van der Waals surface area (Å²) >= 11 is 0. The summed E-state index contributed by atoms with van der Waals surface area (Å²) in [6, 6.07) is 5.69. The first-order valence-corrected chi connectivity index (χ1v) is 7.10. The first-order valence-electron chi connectivity index (χ1n) is 7.10. The predicted molar refractivity (Wildman–Crippen MR) is 80.9 cm³/mol. The highest BCUT2D eigenvalue weighted by molar-refractivity contribution is 5.82. The Kier molecular flexibility index (Phi) is 3.48. The summed E-state index contributed by atoms with van der Waals surface area (Å²) < 4.78 is 14.4. The van der Waals surface area contributed by atoms with Crippen LogP contribution in [0.2, 0.25) is 0 Å². The summed E-state index contributed by atoms with van der Waals surface area (Å²) in [6.45, 7) is 5.86. The van der Waals surface area contributed by atoms with E-state index in [1.807, 2.05) is 32.0 Å². The molecule has 116 valence electrons. The second-order valence-electron chi connectivity index (χ2n) is 5.43. The summed E-state index contributed by atoms with van der Waals surface area (Å²) in [5.41, 5.74) is 1.55. The van der Waals surface area contributed by atoms with Crippen LogP contribution in [0.4, 0.5) is 0 Å². The Morgan fingerprint density at radius 3 is 2.73 bits per heavy atom. The standard InChI is InChI=1S/C15H18N4O3/c1-9(2)19-11-6-5-7-12(14(11)18(4)15(19)20)21-8-13-17-16-10(3)22-13/h5-7,9H,8H2,1-4H3. The number of aryl methyl sites for hydroxylation is 2. The van der Waals surface area contributed by atoms with Crippen molar-refractivity contribution in [1.29, 1.82) is 0 Å². The van der Waals surface area contributed by atoms with Gasteiger partial charge in [0.2, 0.25) is 5.89 Å². The number of rotatable bonds is 4. The molecule has 0 unspecified atom stereocenters. The molecule has 0 aliphatic rings. The second-order valence-corrected chi connectivity index (χ2v) is 5.43. The largest absolute Gasteiger partial charge is 0.482 e. The molecular weight excluding hydrogens is 284 g/mol. The lowest BCUT2D eigenvalue weighted by Gasteiger charge is -2.08. The number of benzene rings is 1. The average molecular weight is 302 g/mol. The maximum Gasteiger partial charge on any atom is 0.329 e. The fourth-order valence-electron chi connectivity index (χ4n) is 2.55. The van der Waals surface area contributed by atoms with E-state index in [4.69, 9.17) is 9.15 Å². The van der Waals surface area contributed by atoms with Gasteiger partial charge in [-0.15, -0.1) is 10.2 Å². The van der Waals surface area contributed by atoms with E-state index in [-0.39, 0.29) is 18.3 Å². The first-order chi connectivity index (χ1) is 10.5. The van der Waals surface area contributed by atoms with Gasteiger partial charge in [0.1, 0.15) is 11.3 Å². The van der Waals surface area contributed by atoms with Gasteiger partial charge in [0.15, 0.2) is 6.61 Å². The van der Waals surface area contributed by atoms with Crippen molar-refractivity contribution in [3.8, 4) is 5.75 Å². The molecule has 0 aliphatic heterocycles. The van der Waals surface area contributed by atoms with Crippen LogP contribution in [0.15, 0.2) is 27.4 Å². The molecule has 0 saturated carbocycles. The van der Waals surface area contributed by atoms with Gasteiger partial charge in [-0.05, 0) is 26.0 Å². The SMILES string of the molecule is Cc1nnc(COc2cccc3c2n(C)c(=O)n3C(C)C)o1. The smallest absolute Gasteiger partial charge is 0.329 e. The minimum atomic E-state index is -0.0605. The van der Waals surface area contributed by atoms with Crippen LogP contribution in [0, 0.1) is 6.92 Å². The van der Waals surface area contributed by atoms with Gasteiger partial charge in [0.25, 0.3) is 5.89 Å². The Hall–Kier alpha value is -2.57. The Bertz CT molecular complexity index is 873. The fourth-order valence-corrected chi connectivity index (χ4v) is 2.55. The molecule has 0 aliphatic carbocycles. The third-order valence-electron chi connectivity index (χ3n) is 3.50. The van der Waals surface area contributed by atoms with E-state index in [1.54, 1.807) is 23.1 Å². The zero-order chi connectivity index (χ0) is 15.9. The number of ether oxygens (including phenoxy) is 1. The summed E-state index contributed by atoms with van der Waals surface area (Å²) in [4.78, 5) is 12.4. The van der Waals surface area contributed by atoms with Crippen LogP contribution in [0.5, 0.6) is 5.75 Å². The highest BCUT2D eigenvalue weighted by Crippen LogP contribution is 2.26. The minimum Gasteiger partial charge on any atom is -0.482 e. The average Bonchev–Trinajstić information content (AvgIpc) is 3.00. The van der Waals surface area contributed by atoms with Gasteiger partial charge in [-0.1, -0.05) is 6.07 Å². The first kappa shape index (κ1) is 14.4. The minimum absolute atomic E-state index is 0.0605. The molecule has 0 saturated heterocycles. The lowest BCUT2D eigenvalue weighted by molar-refractivity contribution is 0.262. The van der Waals surface area contributed by atoms with Crippen molar-refractivity contribution >= 4 is 11.0 Å². The number of nitrogens with zero attached hydrogens (tertiary/aromatic N) is 4. The van der Waals surface area contributed by atoms with E-state index in [0.717, 1.165) is 11.0 Å². The lowest BCUT2D eigenvalue weighted by Crippen LogP contribution is -2.23. The number of aromatic nitrogens is 4. The number of hydrogen-bond acceptors (Lipinski definition) is 5. The zero-order valence-corrected chi connectivity index (χ0v) is 13.0. The van der Waals surface area contributed by atoms with E-state index in [2.05, 4.69) is 10.2 Å². The van der Waals surface area contributed by atoms with Crippen molar-refractivity contribution in [3.63, 3.8) is 0 Å². The molecule has 7 nitrogen and oxygen atoms in total. The van der Waals surface area contributed by atoms with Crippen LogP contribution < -0.4 is 10.4 Å². The molecule has 2 aromatic heterocycles. The van der Waals surface area contributed by atoms with Gasteiger partial charge in [0, 0.05) is 20.0 Å². The Labute approximate surface area is 127 Å². The van der Waals surface area contributed by atoms with Gasteiger partial charge < -0.3 is 9.15 Å². The topological polar surface area (TPSA) is 75.1 Å². The van der Waals surface area contributed by atoms with Gasteiger partial charge in [-0.25, -0.2) is 4.79 Å². The molecule has 3 aromatic rings. The zero-order valence-electron chi connectivity index (χ0n) is 13.0. The van der Waals surface area contributed by atoms with Crippen LogP contribution in [0.1, 0.15) is 31.7 Å². The van der Waals surface area contributed by atoms with Crippen LogP contribution in [-0.2, 0) is 13.7 Å². The van der Waals surface area contributed by atoms with Crippen molar-refractivity contribution in [1.82, 2.24) is 19.3 Å². The molecule has 0 fully saturated rings. The van der Waals surface area contributed by atoms with Crippen molar-refractivity contribution in [2.45, 2.75) is 33.4 Å². The molecular formula is C15H18N4O3. The van der Waals surface area contributed by atoms with E-state index in [1.165, 1.54) is 0 Å². The number of fused-ring (bicyclic) bond motifs is 1. The van der Waals surface area contributed by atoms with Crippen molar-refractivity contribution in [2.75, 3.05) is 0 Å². The van der Waals surface area contributed by atoms with Crippen LogP contribution in [0.25, 0.3) is 11.0 Å². The highest BCUT2D eigenvalue weighted by atomic mass is 16.5. The number of hydrogen-bond donors (Lipinski definition) is 0. The van der Waals surface area contributed by atoms with Crippen LogP contribution in [0.3, 0.4) is 0 Å². The van der Waals surface area contributed by atoms with E-state index < -0.39 is 0 Å². The molecule has 22 heavy (non-hydrogen) atoms. The second kappa shape index (κ2) is 5.32. The summed E-state index contributed by atoms with van der Waals surface area (Å²) in [5, 5.41) is 7.66. The van der Waals surface area contributed by atoms with Gasteiger partial charge in [0.05, 0.1) is 5.52 Å². The van der Waals surface area contributed by atoms with E-state index in [9.17, 15) is 4.79 Å². The third kappa shape index (κ3) is 2.28. The van der Waals surface area contributed by atoms with Crippen molar-refractivity contribution in [3.05, 3.63) is 40.5 Å². The molecule has 0 spiro atoms. The van der Waals surface area contributed by atoms with Gasteiger partial charge in [-0.2, -0.15) is 0 Å². The quantitative estimate of drug-likeness (QED) is 0.738. The number of para-hydroxylation sites is 1. The monoisotopic (exact) mass is 302 g/mol. The Morgan fingerprint density at radius 1 is 1.32 bits per heavy atom. The van der Waals surface area contributed by atoms with Gasteiger partial charge in [-0.3, -0.25) is 9.13 Å². The van der Waals surface area contributed by atoms with Crippen molar-refractivity contribution in [2.24, 2.45) is 7.05 Å². The molecule has 0 N–H and O–H groups in total.